The molecular weight excluding hydrogens is 216 g/mol. The maximum Gasteiger partial charge on any atom is 0.217 e. The molecule has 0 atom stereocenters. The third kappa shape index (κ3) is 3.95. The minimum absolute atomic E-state index is 0.0888. The Morgan fingerprint density at radius 2 is 2.47 bits per heavy atom. The Morgan fingerprint density at radius 1 is 1.73 bits per heavy atom. The molecule has 1 rings (SSSR count). The minimum atomic E-state index is -0.0888. The number of hydrogen-bond donors (Lipinski definition) is 2. The Balaban J connectivity index is 2.60. The van der Waals surface area contributed by atoms with E-state index in [2.05, 4.69) is 15.3 Å². The topological polar surface area (TPSA) is 80.9 Å². The molecule has 3 N–H and O–H groups in total. The number of nitrogens with zero attached hydrogens (tertiary/aromatic N) is 2. The number of nitrogen functional groups attached to an aromatic ring is 1. The van der Waals surface area contributed by atoms with E-state index in [1.54, 1.807) is 12.2 Å². The van der Waals surface area contributed by atoms with Crippen molar-refractivity contribution in [2.45, 2.75) is 6.92 Å². The summed E-state index contributed by atoms with van der Waals surface area (Å²) in [7, 11) is 0. The Bertz CT molecular complexity index is 392. The lowest BCUT2D eigenvalue weighted by molar-refractivity contribution is -0.118. The molecule has 0 bridgehead atoms. The van der Waals surface area contributed by atoms with Gasteiger partial charge in [-0.05, 0) is 6.08 Å². The summed E-state index contributed by atoms with van der Waals surface area (Å²) in [4.78, 5) is 18.4. The first-order chi connectivity index (χ1) is 7.09. The van der Waals surface area contributed by atoms with Crippen molar-refractivity contribution < 1.29 is 4.79 Å². The zero-order valence-electron chi connectivity index (χ0n) is 8.20. The molecule has 80 valence electrons. The van der Waals surface area contributed by atoms with Gasteiger partial charge in [0, 0.05) is 13.5 Å². The van der Waals surface area contributed by atoms with E-state index in [0.29, 0.717) is 12.2 Å². The second-order valence-corrected chi connectivity index (χ2v) is 3.17. The summed E-state index contributed by atoms with van der Waals surface area (Å²) < 4.78 is 0. The van der Waals surface area contributed by atoms with Gasteiger partial charge in [0.05, 0.1) is 6.20 Å². The molecule has 0 fully saturated rings. The van der Waals surface area contributed by atoms with Crippen molar-refractivity contribution in [2.75, 3.05) is 12.3 Å². The highest BCUT2D eigenvalue weighted by Crippen LogP contribution is 2.12. The van der Waals surface area contributed by atoms with Crippen LogP contribution in [0.2, 0.25) is 5.15 Å². The predicted octanol–water partition coefficient (Wildman–Crippen LogP) is 0.862. The molecule has 0 saturated carbocycles. The van der Waals surface area contributed by atoms with E-state index in [0.717, 1.165) is 0 Å². The Labute approximate surface area is 92.4 Å². The van der Waals surface area contributed by atoms with E-state index >= 15 is 0 Å². The molecule has 15 heavy (non-hydrogen) atoms. The fourth-order valence-electron chi connectivity index (χ4n) is 0.873. The molecular formula is C9H11ClN4O. The van der Waals surface area contributed by atoms with Gasteiger partial charge in [0.1, 0.15) is 11.5 Å². The highest BCUT2D eigenvalue weighted by atomic mass is 35.5. The van der Waals surface area contributed by atoms with Gasteiger partial charge in [0.15, 0.2) is 5.15 Å². The molecule has 1 amide bonds. The van der Waals surface area contributed by atoms with E-state index in [-0.39, 0.29) is 16.9 Å². The van der Waals surface area contributed by atoms with Crippen LogP contribution in [-0.2, 0) is 4.79 Å². The number of halogens is 1. The maximum absolute atomic E-state index is 10.6. The number of rotatable bonds is 3. The van der Waals surface area contributed by atoms with Gasteiger partial charge in [-0.25, -0.2) is 9.97 Å². The van der Waals surface area contributed by atoms with Crippen molar-refractivity contribution >= 4 is 29.4 Å². The average Bonchev–Trinajstić information content (AvgIpc) is 2.14. The van der Waals surface area contributed by atoms with Gasteiger partial charge in [-0.2, -0.15) is 0 Å². The number of hydrogen-bond acceptors (Lipinski definition) is 4. The predicted molar refractivity (Wildman–Crippen MR) is 59.2 cm³/mol. The van der Waals surface area contributed by atoms with Gasteiger partial charge < -0.3 is 11.1 Å². The van der Waals surface area contributed by atoms with Gasteiger partial charge in [0.2, 0.25) is 5.91 Å². The monoisotopic (exact) mass is 226 g/mol. The van der Waals surface area contributed by atoms with Crippen LogP contribution in [0.1, 0.15) is 12.6 Å². The van der Waals surface area contributed by atoms with Crippen LogP contribution in [0.15, 0.2) is 12.3 Å². The number of carbonyl (C=O) groups is 1. The van der Waals surface area contributed by atoms with E-state index < -0.39 is 0 Å². The molecule has 1 aromatic heterocycles. The van der Waals surface area contributed by atoms with Crippen LogP contribution in [-0.4, -0.2) is 22.4 Å². The van der Waals surface area contributed by atoms with Crippen molar-refractivity contribution in [3.63, 3.8) is 0 Å². The standard InChI is InChI=1S/C9H11ClN4O/c1-6(15)12-4-2-3-7-9(10)14-8(11)5-13-7/h2-3,5H,4H2,1H3,(H2,11,14)(H,12,15). The van der Waals surface area contributed by atoms with Crippen LogP contribution >= 0.6 is 11.6 Å². The van der Waals surface area contributed by atoms with Crippen molar-refractivity contribution in [3.8, 4) is 0 Å². The summed E-state index contributed by atoms with van der Waals surface area (Å²) in [5, 5.41) is 2.85. The zero-order valence-corrected chi connectivity index (χ0v) is 8.95. The van der Waals surface area contributed by atoms with Gasteiger partial charge >= 0.3 is 0 Å². The molecule has 0 radical (unpaired) electrons. The first-order valence-electron chi connectivity index (χ1n) is 4.28. The molecule has 6 heteroatoms. The number of amides is 1. The van der Waals surface area contributed by atoms with Gasteiger partial charge in [0.25, 0.3) is 0 Å². The molecule has 0 unspecified atom stereocenters. The average molecular weight is 227 g/mol. The van der Waals surface area contributed by atoms with Crippen LogP contribution in [0, 0.1) is 0 Å². The van der Waals surface area contributed by atoms with Gasteiger partial charge in [-0.15, -0.1) is 0 Å². The first-order valence-corrected chi connectivity index (χ1v) is 4.66. The van der Waals surface area contributed by atoms with Gasteiger partial charge in [-0.3, -0.25) is 4.79 Å². The molecule has 1 heterocycles. The molecule has 0 spiro atoms. The number of anilines is 1. The lowest BCUT2D eigenvalue weighted by Gasteiger charge is -1.98. The fourth-order valence-corrected chi connectivity index (χ4v) is 1.08. The van der Waals surface area contributed by atoms with Crippen LogP contribution in [0.5, 0.6) is 0 Å². The lowest BCUT2D eigenvalue weighted by Crippen LogP contribution is -2.19. The summed E-state index contributed by atoms with van der Waals surface area (Å²) >= 11 is 5.78. The minimum Gasteiger partial charge on any atom is -0.382 e. The molecule has 0 aliphatic rings. The van der Waals surface area contributed by atoms with Crippen molar-refractivity contribution in [1.29, 1.82) is 0 Å². The van der Waals surface area contributed by atoms with Crippen LogP contribution < -0.4 is 11.1 Å². The SMILES string of the molecule is CC(=O)NCC=Cc1ncc(N)nc1Cl. The number of nitrogens with one attached hydrogen (secondary N) is 1. The first kappa shape index (κ1) is 11.5. The van der Waals surface area contributed by atoms with Crippen molar-refractivity contribution in [1.82, 2.24) is 15.3 Å². The third-order valence-electron chi connectivity index (χ3n) is 1.52. The molecule has 0 aliphatic heterocycles. The van der Waals surface area contributed by atoms with Crippen LogP contribution in [0.4, 0.5) is 5.82 Å². The fraction of sp³-hybridized carbons (Fsp3) is 0.222. The number of aromatic nitrogens is 2. The molecule has 0 aliphatic carbocycles. The highest BCUT2D eigenvalue weighted by molar-refractivity contribution is 6.30. The molecule has 0 saturated heterocycles. The Hall–Kier alpha value is -1.62. The van der Waals surface area contributed by atoms with Crippen LogP contribution in [0.25, 0.3) is 6.08 Å². The third-order valence-corrected chi connectivity index (χ3v) is 1.80. The molecule has 5 nitrogen and oxygen atoms in total. The summed E-state index contributed by atoms with van der Waals surface area (Å²) in [6.45, 7) is 1.88. The molecule has 1 aromatic rings. The molecule has 0 aromatic carbocycles. The van der Waals surface area contributed by atoms with E-state index in [1.165, 1.54) is 13.1 Å². The Kier molecular flexibility index (Phi) is 4.05. The smallest absolute Gasteiger partial charge is 0.217 e. The Morgan fingerprint density at radius 3 is 3.07 bits per heavy atom. The van der Waals surface area contributed by atoms with Crippen molar-refractivity contribution in [3.05, 3.63) is 23.1 Å². The second kappa shape index (κ2) is 5.31. The number of carbonyl (C=O) groups excluding carboxylic acids is 1. The normalized spacial score (nSPS) is 10.5. The summed E-state index contributed by atoms with van der Waals surface area (Å²) in [5.41, 5.74) is 5.91. The van der Waals surface area contributed by atoms with E-state index in [4.69, 9.17) is 17.3 Å². The van der Waals surface area contributed by atoms with E-state index in [1.807, 2.05) is 0 Å². The number of nitrogens with two attached hydrogens (primary N) is 1. The quantitative estimate of drug-likeness (QED) is 0.801. The summed E-state index contributed by atoms with van der Waals surface area (Å²) in [6.07, 6.45) is 4.82. The summed E-state index contributed by atoms with van der Waals surface area (Å²) in [6, 6.07) is 0. The zero-order chi connectivity index (χ0) is 11.3. The van der Waals surface area contributed by atoms with Crippen LogP contribution in [0.3, 0.4) is 0 Å². The summed E-state index contributed by atoms with van der Waals surface area (Å²) in [5.74, 6) is 0.188. The maximum atomic E-state index is 10.6. The highest BCUT2D eigenvalue weighted by Gasteiger charge is 1.99. The van der Waals surface area contributed by atoms with Gasteiger partial charge in [-0.1, -0.05) is 17.7 Å². The lowest BCUT2D eigenvalue weighted by atomic mass is 10.4. The van der Waals surface area contributed by atoms with E-state index in [9.17, 15) is 4.79 Å². The van der Waals surface area contributed by atoms with Crippen molar-refractivity contribution in [2.24, 2.45) is 0 Å². The largest absolute Gasteiger partial charge is 0.382 e. The second-order valence-electron chi connectivity index (χ2n) is 2.81.